The van der Waals surface area contributed by atoms with Gasteiger partial charge in [-0.2, -0.15) is 9.97 Å². The maximum atomic E-state index is 12.6. The second-order valence-corrected chi connectivity index (χ2v) is 6.00. The minimum atomic E-state index is -4.00. The first kappa shape index (κ1) is 15.0. The number of rotatable bonds is 4. The number of aromatic hydroxyl groups is 1. The maximum absolute atomic E-state index is 12.6. The Morgan fingerprint density at radius 2 is 1.62 bits per heavy atom. The fraction of sp³-hybridized carbons (Fsp3) is 0.231. The fourth-order valence-electron chi connectivity index (χ4n) is 1.69. The number of hydrogen-bond acceptors (Lipinski definition) is 7. The van der Waals surface area contributed by atoms with Gasteiger partial charge in [0, 0.05) is 0 Å². The molecular formula is C13H14N2O5S. The molecule has 8 heteroatoms. The molecule has 2 aromatic rings. The van der Waals surface area contributed by atoms with Crippen LogP contribution in [-0.4, -0.2) is 37.7 Å². The Balaban J connectivity index is 2.66. The molecule has 0 radical (unpaired) electrons. The number of methoxy groups -OCH3 is 2. The molecule has 1 aromatic carbocycles. The molecule has 0 amide bonds. The van der Waals surface area contributed by atoms with Crippen LogP contribution in [0.3, 0.4) is 0 Å². The monoisotopic (exact) mass is 310 g/mol. The van der Waals surface area contributed by atoms with Crippen LogP contribution in [0.25, 0.3) is 0 Å². The number of phenolic OH excluding ortho intramolecular Hbond substituents is 1. The third-order valence-corrected chi connectivity index (χ3v) is 4.46. The van der Waals surface area contributed by atoms with Gasteiger partial charge < -0.3 is 14.6 Å². The van der Waals surface area contributed by atoms with Crippen molar-refractivity contribution >= 4 is 9.84 Å². The van der Waals surface area contributed by atoms with E-state index in [0.717, 1.165) is 6.07 Å². The van der Waals surface area contributed by atoms with E-state index in [1.807, 2.05) is 0 Å². The average Bonchev–Trinajstić information content (AvgIpc) is 2.48. The van der Waals surface area contributed by atoms with E-state index in [-0.39, 0.29) is 22.4 Å². The van der Waals surface area contributed by atoms with Crippen LogP contribution in [0.5, 0.6) is 17.5 Å². The summed E-state index contributed by atoms with van der Waals surface area (Å²) in [7, 11) is -1.28. The molecule has 0 aliphatic carbocycles. The highest BCUT2D eigenvalue weighted by molar-refractivity contribution is 7.91. The quantitative estimate of drug-likeness (QED) is 0.851. The molecule has 1 aromatic heterocycles. The lowest BCUT2D eigenvalue weighted by Gasteiger charge is -2.09. The molecule has 1 heterocycles. The van der Waals surface area contributed by atoms with Gasteiger partial charge in [0.2, 0.25) is 21.6 Å². The number of benzene rings is 1. The molecule has 112 valence electrons. The van der Waals surface area contributed by atoms with E-state index in [2.05, 4.69) is 9.97 Å². The number of sulfone groups is 1. The second kappa shape index (κ2) is 5.57. The summed E-state index contributed by atoms with van der Waals surface area (Å²) in [5, 5.41) is 9.04. The first-order valence-corrected chi connectivity index (χ1v) is 7.38. The number of phenols is 1. The van der Waals surface area contributed by atoms with Crippen LogP contribution in [0.1, 0.15) is 5.56 Å². The zero-order chi connectivity index (χ0) is 15.6. The molecule has 0 aliphatic rings. The van der Waals surface area contributed by atoms with Gasteiger partial charge in [-0.05, 0) is 24.6 Å². The topological polar surface area (TPSA) is 98.6 Å². The van der Waals surface area contributed by atoms with Gasteiger partial charge in [0.05, 0.1) is 25.2 Å². The Morgan fingerprint density at radius 3 is 2.14 bits per heavy atom. The van der Waals surface area contributed by atoms with Crippen molar-refractivity contribution in [1.29, 1.82) is 0 Å². The van der Waals surface area contributed by atoms with E-state index < -0.39 is 15.0 Å². The predicted molar refractivity (Wildman–Crippen MR) is 73.4 cm³/mol. The van der Waals surface area contributed by atoms with Crippen molar-refractivity contribution in [3.05, 3.63) is 29.8 Å². The molecule has 1 N–H and O–H groups in total. The van der Waals surface area contributed by atoms with Crippen LogP contribution in [-0.2, 0) is 9.84 Å². The highest BCUT2D eigenvalue weighted by Crippen LogP contribution is 2.27. The molecule has 0 fully saturated rings. The Morgan fingerprint density at radius 1 is 1.05 bits per heavy atom. The van der Waals surface area contributed by atoms with Gasteiger partial charge in [-0.15, -0.1) is 0 Å². The van der Waals surface area contributed by atoms with Gasteiger partial charge in [-0.3, -0.25) is 0 Å². The zero-order valence-electron chi connectivity index (χ0n) is 11.7. The molecule has 7 nitrogen and oxygen atoms in total. The van der Waals surface area contributed by atoms with Crippen LogP contribution >= 0.6 is 0 Å². The van der Waals surface area contributed by atoms with Crippen LogP contribution in [0.15, 0.2) is 34.3 Å². The summed E-state index contributed by atoms with van der Waals surface area (Å²) in [4.78, 5) is 7.60. The predicted octanol–water partition coefficient (Wildman–Crippen LogP) is 1.34. The van der Waals surface area contributed by atoms with E-state index in [1.54, 1.807) is 6.92 Å². The van der Waals surface area contributed by atoms with Gasteiger partial charge in [0.1, 0.15) is 5.75 Å². The van der Waals surface area contributed by atoms with Crippen LogP contribution in [0.2, 0.25) is 0 Å². The lowest BCUT2D eigenvalue weighted by atomic mass is 10.2. The molecule has 0 atom stereocenters. The molecule has 21 heavy (non-hydrogen) atoms. The molecular weight excluding hydrogens is 296 g/mol. The van der Waals surface area contributed by atoms with Crippen molar-refractivity contribution < 1.29 is 23.0 Å². The number of ether oxygens (including phenoxy) is 2. The van der Waals surface area contributed by atoms with Gasteiger partial charge in [-0.25, -0.2) is 8.42 Å². The van der Waals surface area contributed by atoms with Crippen LogP contribution < -0.4 is 9.47 Å². The largest absolute Gasteiger partial charge is 0.508 e. The van der Waals surface area contributed by atoms with Crippen LogP contribution in [0.4, 0.5) is 0 Å². The molecule has 0 saturated carbocycles. The molecule has 0 unspecified atom stereocenters. The second-order valence-electron chi connectivity index (χ2n) is 4.19. The molecule has 2 rings (SSSR count). The standard InChI is InChI=1S/C13H14N2O5S/c1-8-4-5-9(16)6-10(8)21(17,18)13-14-11(19-2)7-12(15-13)20-3/h4-7,16H,1-3H3. The average molecular weight is 310 g/mol. The summed E-state index contributed by atoms with van der Waals surface area (Å²) < 4.78 is 35.1. The lowest BCUT2D eigenvalue weighted by molar-refractivity contribution is 0.362. The Bertz CT molecular complexity index is 752. The number of hydrogen-bond donors (Lipinski definition) is 1. The molecule has 0 spiro atoms. The fourth-order valence-corrected chi connectivity index (χ4v) is 3.07. The van der Waals surface area contributed by atoms with Crippen molar-refractivity contribution in [2.24, 2.45) is 0 Å². The SMILES string of the molecule is COc1cc(OC)nc(S(=O)(=O)c2cc(O)ccc2C)n1. The highest BCUT2D eigenvalue weighted by atomic mass is 32.2. The normalized spacial score (nSPS) is 11.2. The Kier molecular flexibility index (Phi) is 3.99. The molecule has 0 aliphatic heterocycles. The molecule has 0 bridgehead atoms. The van der Waals surface area contributed by atoms with Crippen molar-refractivity contribution in [3.8, 4) is 17.5 Å². The molecule has 0 saturated heterocycles. The van der Waals surface area contributed by atoms with E-state index in [0.29, 0.717) is 5.56 Å². The van der Waals surface area contributed by atoms with Gasteiger partial charge >= 0.3 is 0 Å². The Labute approximate surface area is 122 Å². The Hall–Kier alpha value is -2.35. The van der Waals surface area contributed by atoms with Crippen LogP contribution in [0, 0.1) is 6.92 Å². The summed E-state index contributed by atoms with van der Waals surface area (Å²) in [6.45, 7) is 1.61. The number of aromatic nitrogens is 2. The first-order valence-electron chi connectivity index (χ1n) is 5.90. The summed E-state index contributed by atoms with van der Waals surface area (Å²) in [5.41, 5.74) is 0.471. The zero-order valence-corrected chi connectivity index (χ0v) is 12.5. The minimum Gasteiger partial charge on any atom is -0.508 e. The number of nitrogens with zero attached hydrogens (tertiary/aromatic N) is 2. The smallest absolute Gasteiger partial charge is 0.258 e. The third-order valence-electron chi connectivity index (χ3n) is 2.78. The van der Waals surface area contributed by atoms with Crippen molar-refractivity contribution in [2.45, 2.75) is 17.0 Å². The number of aryl methyl sites for hydroxylation is 1. The summed E-state index contributed by atoms with van der Waals surface area (Å²) in [5.74, 6) is -0.0227. The van der Waals surface area contributed by atoms with Gasteiger partial charge in [-0.1, -0.05) is 6.07 Å². The highest BCUT2D eigenvalue weighted by Gasteiger charge is 2.25. The summed E-state index contributed by atoms with van der Waals surface area (Å²) in [6.07, 6.45) is 0. The summed E-state index contributed by atoms with van der Waals surface area (Å²) >= 11 is 0. The van der Waals surface area contributed by atoms with Crippen molar-refractivity contribution in [3.63, 3.8) is 0 Å². The minimum absolute atomic E-state index is 0.0678. The third kappa shape index (κ3) is 2.89. The van der Waals surface area contributed by atoms with E-state index in [1.165, 1.54) is 32.4 Å². The van der Waals surface area contributed by atoms with Gasteiger partial charge in [0.25, 0.3) is 5.16 Å². The van der Waals surface area contributed by atoms with E-state index in [4.69, 9.17) is 9.47 Å². The lowest BCUT2D eigenvalue weighted by Crippen LogP contribution is -2.10. The van der Waals surface area contributed by atoms with Crippen molar-refractivity contribution in [1.82, 2.24) is 9.97 Å². The summed E-state index contributed by atoms with van der Waals surface area (Å²) in [6, 6.07) is 5.43. The van der Waals surface area contributed by atoms with Gasteiger partial charge in [0.15, 0.2) is 0 Å². The first-order chi connectivity index (χ1) is 9.88. The van der Waals surface area contributed by atoms with E-state index >= 15 is 0 Å². The van der Waals surface area contributed by atoms with E-state index in [9.17, 15) is 13.5 Å². The van der Waals surface area contributed by atoms with Crippen molar-refractivity contribution in [2.75, 3.05) is 14.2 Å². The maximum Gasteiger partial charge on any atom is 0.258 e.